The molecule has 1 aliphatic carbocycles. The van der Waals surface area contributed by atoms with Crippen molar-refractivity contribution in [3.05, 3.63) is 16.0 Å². The molecule has 0 radical (unpaired) electrons. The first-order valence-electron chi connectivity index (χ1n) is 11.0. The summed E-state index contributed by atoms with van der Waals surface area (Å²) >= 11 is 1.44. The lowest BCUT2D eigenvalue weighted by Crippen LogP contribution is -2.41. The SMILES string of the molecule is CCOC(=O)c1c(NC(=O)[C@H]2[C@@H](C(=O)O)[C@H]3CC[C@@H]2O3)sc2c1CCCCCCC2. The van der Waals surface area contributed by atoms with Gasteiger partial charge in [-0.25, -0.2) is 4.79 Å². The summed E-state index contributed by atoms with van der Waals surface area (Å²) in [6.45, 7) is 2.03. The fourth-order valence-electron chi connectivity index (χ4n) is 5.12. The smallest absolute Gasteiger partial charge is 0.341 e. The maximum atomic E-state index is 13.2. The predicted octanol–water partition coefficient (Wildman–Crippen LogP) is 3.79. The van der Waals surface area contributed by atoms with Gasteiger partial charge in [0, 0.05) is 4.88 Å². The van der Waals surface area contributed by atoms with Gasteiger partial charge in [0.1, 0.15) is 5.00 Å². The molecule has 164 valence electrons. The Labute approximate surface area is 180 Å². The molecular formula is C22H29NO6S. The van der Waals surface area contributed by atoms with Crippen LogP contribution in [0.5, 0.6) is 0 Å². The molecule has 8 heteroatoms. The lowest BCUT2D eigenvalue weighted by molar-refractivity contribution is -0.147. The number of carboxylic acid groups (broad SMARTS) is 1. The molecule has 2 fully saturated rings. The Morgan fingerprint density at radius 3 is 2.43 bits per heavy atom. The number of aliphatic carboxylic acids is 1. The molecule has 0 spiro atoms. The normalized spacial score (nSPS) is 28.2. The Morgan fingerprint density at radius 1 is 1.07 bits per heavy atom. The van der Waals surface area contributed by atoms with Crippen molar-refractivity contribution in [3.63, 3.8) is 0 Å². The highest BCUT2D eigenvalue weighted by molar-refractivity contribution is 7.17. The maximum Gasteiger partial charge on any atom is 0.341 e. The summed E-state index contributed by atoms with van der Waals surface area (Å²) in [6.07, 6.45) is 7.83. The Bertz CT molecular complexity index is 834. The molecule has 1 aromatic heterocycles. The number of rotatable bonds is 5. The number of carboxylic acids is 1. The molecule has 1 amide bonds. The second kappa shape index (κ2) is 9.06. The zero-order valence-electron chi connectivity index (χ0n) is 17.3. The van der Waals surface area contributed by atoms with E-state index in [-0.39, 0.29) is 18.6 Å². The van der Waals surface area contributed by atoms with Crippen LogP contribution in [0.2, 0.25) is 0 Å². The molecule has 3 heterocycles. The number of ether oxygens (including phenoxy) is 2. The van der Waals surface area contributed by atoms with Gasteiger partial charge in [-0.1, -0.05) is 19.3 Å². The zero-order chi connectivity index (χ0) is 21.3. The van der Waals surface area contributed by atoms with Crippen LogP contribution in [0.1, 0.15) is 72.7 Å². The topological polar surface area (TPSA) is 102 Å². The van der Waals surface area contributed by atoms with Crippen LogP contribution in [0.3, 0.4) is 0 Å². The number of carbonyl (C=O) groups excluding carboxylic acids is 2. The molecular weight excluding hydrogens is 406 g/mol. The summed E-state index contributed by atoms with van der Waals surface area (Å²) in [6, 6.07) is 0. The number of carbonyl (C=O) groups is 3. The van der Waals surface area contributed by atoms with E-state index in [1.807, 2.05) is 0 Å². The summed E-state index contributed by atoms with van der Waals surface area (Å²) in [4.78, 5) is 38.8. The molecule has 7 nitrogen and oxygen atoms in total. The van der Waals surface area contributed by atoms with Gasteiger partial charge in [0.25, 0.3) is 0 Å². The van der Waals surface area contributed by atoms with E-state index in [1.54, 1.807) is 6.92 Å². The van der Waals surface area contributed by atoms with Crippen LogP contribution in [0.25, 0.3) is 0 Å². The lowest BCUT2D eigenvalue weighted by Gasteiger charge is -2.23. The number of hydrogen-bond donors (Lipinski definition) is 2. The lowest BCUT2D eigenvalue weighted by atomic mass is 9.78. The van der Waals surface area contributed by atoms with Gasteiger partial charge >= 0.3 is 11.9 Å². The van der Waals surface area contributed by atoms with Gasteiger partial charge in [0.2, 0.25) is 5.91 Å². The summed E-state index contributed by atoms with van der Waals surface area (Å²) < 4.78 is 11.0. The number of fused-ring (bicyclic) bond motifs is 3. The molecule has 4 atom stereocenters. The summed E-state index contributed by atoms with van der Waals surface area (Å²) in [5.74, 6) is -3.35. The minimum atomic E-state index is -0.998. The second-order valence-electron chi connectivity index (χ2n) is 8.37. The first kappa shape index (κ1) is 21.3. The van der Waals surface area contributed by atoms with Crippen LogP contribution in [0, 0.1) is 11.8 Å². The number of nitrogens with one attached hydrogen (secondary N) is 1. The van der Waals surface area contributed by atoms with Crippen LogP contribution in [0.15, 0.2) is 0 Å². The van der Waals surface area contributed by atoms with Crippen LogP contribution in [0.4, 0.5) is 5.00 Å². The summed E-state index contributed by atoms with van der Waals surface area (Å²) in [5, 5.41) is 13.0. The number of amides is 1. The third-order valence-electron chi connectivity index (χ3n) is 6.50. The minimum Gasteiger partial charge on any atom is -0.481 e. The van der Waals surface area contributed by atoms with E-state index in [0.717, 1.165) is 49.0 Å². The molecule has 0 unspecified atom stereocenters. The van der Waals surface area contributed by atoms with Gasteiger partial charge in [-0.05, 0) is 51.0 Å². The molecule has 4 rings (SSSR count). The Kier molecular flexibility index (Phi) is 6.43. The van der Waals surface area contributed by atoms with E-state index < -0.39 is 29.9 Å². The molecule has 30 heavy (non-hydrogen) atoms. The number of hydrogen-bond acceptors (Lipinski definition) is 6. The highest BCUT2D eigenvalue weighted by Gasteiger charge is 2.55. The van der Waals surface area contributed by atoms with Crippen LogP contribution in [-0.2, 0) is 31.9 Å². The predicted molar refractivity (Wildman–Crippen MR) is 112 cm³/mol. The van der Waals surface area contributed by atoms with Gasteiger partial charge in [0.15, 0.2) is 0 Å². The Balaban J connectivity index is 1.63. The van der Waals surface area contributed by atoms with Crippen molar-refractivity contribution in [1.29, 1.82) is 0 Å². The monoisotopic (exact) mass is 435 g/mol. The van der Waals surface area contributed by atoms with Crippen molar-refractivity contribution in [2.75, 3.05) is 11.9 Å². The van der Waals surface area contributed by atoms with E-state index in [2.05, 4.69) is 5.32 Å². The first-order chi connectivity index (χ1) is 14.5. The van der Waals surface area contributed by atoms with Gasteiger partial charge in [-0.3, -0.25) is 9.59 Å². The Morgan fingerprint density at radius 2 is 1.73 bits per heavy atom. The molecule has 3 aliphatic rings. The second-order valence-corrected chi connectivity index (χ2v) is 9.47. The summed E-state index contributed by atoms with van der Waals surface area (Å²) in [7, 11) is 0. The number of esters is 1. The highest BCUT2D eigenvalue weighted by atomic mass is 32.1. The Hall–Kier alpha value is -1.93. The van der Waals surface area contributed by atoms with E-state index in [1.165, 1.54) is 17.8 Å². The molecule has 2 bridgehead atoms. The van der Waals surface area contributed by atoms with Crippen molar-refractivity contribution in [2.45, 2.75) is 76.9 Å². The molecule has 2 aliphatic heterocycles. The average Bonchev–Trinajstić information content (AvgIpc) is 3.40. The largest absolute Gasteiger partial charge is 0.481 e. The average molecular weight is 436 g/mol. The van der Waals surface area contributed by atoms with Crippen molar-refractivity contribution in [1.82, 2.24) is 0 Å². The maximum absolute atomic E-state index is 13.2. The first-order valence-corrected chi connectivity index (χ1v) is 11.8. The number of anilines is 1. The van der Waals surface area contributed by atoms with Gasteiger partial charge in [-0.2, -0.15) is 0 Å². The molecule has 1 aromatic rings. The standard InChI is InChI=1S/C22H29NO6S/c1-2-28-22(27)16-12-8-6-4-3-5-7-9-15(12)30-20(16)23-19(24)17-13-10-11-14(29-13)18(17)21(25)26/h13-14,17-18H,2-11H2,1H3,(H,23,24)(H,25,26)/t13-,14+,17+,18-/m0/s1. The van der Waals surface area contributed by atoms with Crippen LogP contribution < -0.4 is 5.32 Å². The van der Waals surface area contributed by atoms with Crippen LogP contribution in [-0.4, -0.2) is 41.8 Å². The van der Waals surface area contributed by atoms with Crippen molar-refractivity contribution in [3.8, 4) is 0 Å². The number of thiophene rings is 1. The van der Waals surface area contributed by atoms with Gasteiger partial charge < -0.3 is 19.9 Å². The fourth-order valence-corrected chi connectivity index (χ4v) is 6.40. The minimum absolute atomic E-state index is 0.262. The molecule has 2 saturated heterocycles. The quantitative estimate of drug-likeness (QED) is 0.683. The van der Waals surface area contributed by atoms with E-state index >= 15 is 0 Å². The van der Waals surface area contributed by atoms with Crippen LogP contribution >= 0.6 is 11.3 Å². The van der Waals surface area contributed by atoms with E-state index in [9.17, 15) is 19.5 Å². The third-order valence-corrected chi connectivity index (χ3v) is 7.71. The molecule has 0 saturated carbocycles. The summed E-state index contributed by atoms with van der Waals surface area (Å²) in [5.41, 5.74) is 1.46. The highest BCUT2D eigenvalue weighted by Crippen LogP contribution is 2.45. The van der Waals surface area contributed by atoms with Crippen molar-refractivity contribution >= 4 is 34.2 Å². The molecule has 2 N–H and O–H groups in total. The van der Waals surface area contributed by atoms with Crippen molar-refractivity contribution < 1.29 is 29.0 Å². The van der Waals surface area contributed by atoms with Gasteiger partial charge in [-0.15, -0.1) is 11.3 Å². The zero-order valence-corrected chi connectivity index (χ0v) is 18.1. The van der Waals surface area contributed by atoms with Gasteiger partial charge in [0.05, 0.1) is 36.2 Å². The third kappa shape index (κ3) is 3.99. The van der Waals surface area contributed by atoms with Crippen molar-refractivity contribution in [2.24, 2.45) is 11.8 Å². The molecule has 0 aromatic carbocycles. The number of aryl methyl sites for hydroxylation is 1. The fraction of sp³-hybridized carbons (Fsp3) is 0.682. The van der Waals surface area contributed by atoms with E-state index in [0.29, 0.717) is 23.4 Å². The van der Waals surface area contributed by atoms with E-state index in [4.69, 9.17) is 9.47 Å².